The highest BCUT2D eigenvalue weighted by Crippen LogP contribution is 2.20. The summed E-state index contributed by atoms with van der Waals surface area (Å²) in [5, 5.41) is 8.81. The zero-order valence-corrected chi connectivity index (χ0v) is 11.3. The number of carboxylic acids is 1. The highest BCUT2D eigenvalue weighted by Gasteiger charge is 2.13. The van der Waals surface area contributed by atoms with Crippen molar-refractivity contribution in [3.63, 3.8) is 0 Å². The summed E-state index contributed by atoms with van der Waals surface area (Å²) < 4.78 is 5.11. The average Bonchev–Trinajstić information content (AvgIpc) is 3.05. The van der Waals surface area contributed by atoms with E-state index in [0.717, 1.165) is 6.26 Å². The van der Waals surface area contributed by atoms with Crippen LogP contribution < -0.4 is 0 Å². The summed E-state index contributed by atoms with van der Waals surface area (Å²) in [6.07, 6.45) is 4.18. The van der Waals surface area contributed by atoms with Crippen molar-refractivity contribution in [2.24, 2.45) is 0 Å². The topological polar surface area (TPSA) is 93.3 Å². The largest absolute Gasteiger partial charge is 0.476 e. The predicted octanol–water partition coefficient (Wildman–Crippen LogP) is 2.67. The molecule has 1 aromatic carbocycles. The SMILES string of the molecule is O=C(c1ccc(-c2nc(C(=O)O)co2)cc1)c1cccnc1. The van der Waals surface area contributed by atoms with Gasteiger partial charge in [-0.15, -0.1) is 0 Å². The summed E-state index contributed by atoms with van der Waals surface area (Å²) >= 11 is 0. The van der Waals surface area contributed by atoms with E-state index in [1.54, 1.807) is 42.6 Å². The Morgan fingerprint density at radius 1 is 1.05 bits per heavy atom. The zero-order chi connectivity index (χ0) is 15.5. The van der Waals surface area contributed by atoms with Crippen LogP contribution in [0.25, 0.3) is 11.5 Å². The fourth-order valence-electron chi connectivity index (χ4n) is 1.93. The van der Waals surface area contributed by atoms with Crippen LogP contribution in [0.2, 0.25) is 0 Å². The van der Waals surface area contributed by atoms with Crippen LogP contribution in [0.1, 0.15) is 26.4 Å². The number of carbonyl (C=O) groups is 2. The standard InChI is InChI=1S/C16H10N2O4/c19-14(12-2-1-7-17-8-12)10-3-5-11(6-4-10)15-18-13(9-22-15)16(20)21/h1-9H,(H,20,21). The Labute approximate surface area is 125 Å². The molecule has 0 saturated heterocycles. The summed E-state index contributed by atoms with van der Waals surface area (Å²) in [6, 6.07) is 9.96. The molecular weight excluding hydrogens is 284 g/mol. The van der Waals surface area contributed by atoms with Gasteiger partial charge in [0.2, 0.25) is 5.89 Å². The van der Waals surface area contributed by atoms with Crippen LogP contribution in [0, 0.1) is 0 Å². The molecule has 22 heavy (non-hydrogen) atoms. The fourth-order valence-corrected chi connectivity index (χ4v) is 1.93. The van der Waals surface area contributed by atoms with Gasteiger partial charge in [0.15, 0.2) is 11.5 Å². The Kier molecular flexibility index (Phi) is 3.49. The minimum absolute atomic E-state index is 0.140. The fraction of sp³-hybridized carbons (Fsp3) is 0. The molecule has 3 rings (SSSR count). The summed E-state index contributed by atoms with van der Waals surface area (Å²) in [7, 11) is 0. The van der Waals surface area contributed by atoms with E-state index in [1.165, 1.54) is 6.20 Å². The first-order valence-corrected chi connectivity index (χ1v) is 6.39. The number of carboxylic acid groups (broad SMARTS) is 1. The molecule has 0 fully saturated rings. The van der Waals surface area contributed by atoms with Crippen LogP contribution in [-0.4, -0.2) is 26.8 Å². The Morgan fingerprint density at radius 3 is 2.41 bits per heavy atom. The van der Waals surface area contributed by atoms with Gasteiger partial charge in [-0.05, 0) is 24.3 Å². The monoisotopic (exact) mass is 294 g/mol. The first-order chi connectivity index (χ1) is 10.6. The minimum atomic E-state index is -1.15. The molecule has 0 atom stereocenters. The van der Waals surface area contributed by atoms with Gasteiger partial charge < -0.3 is 9.52 Å². The molecule has 0 unspecified atom stereocenters. The maximum Gasteiger partial charge on any atom is 0.357 e. The van der Waals surface area contributed by atoms with Gasteiger partial charge in [-0.3, -0.25) is 9.78 Å². The van der Waals surface area contributed by atoms with E-state index in [1.807, 2.05) is 0 Å². The van der Waals surface area contributed by atoms with Crippen molar-refractivity contribution in [2.75, 3.05) is 0 Å². The highest BCUT2D eigenvalue weighted by molar-refractivity contribution is 6.08. The number of rotatable bonds is 4. The molecule has 0 radical (unpaired) electrons. The molecule has 0 spiro atoms. The molecule has 0 bridgehead atoms. The Balaban J connectivity index is 1.86. The van der Waals surface area contributed by atoms with E-state index in [0.29, 0.717) is 16.7 Å². The number of hydrogen-bond acceptors (Lipinski definition) is 5. The number of pyridine rings is 1. The lowest BCUT2D eigenvalue weighted by atomic mass is 10.0. The second kappa shape index (κ2) is 5.61. The van der Waals surface area contributed by atoms with Crippen molar-refractivity contribution < 1.29 is 19.1 Å². The van der Waals surface area contributed by atoms with Gasteiger partial charge in [-0.25, -0.2) is 9.78 Å². The van der Waals surface area contributed by atoms with E-state index >= 15 is 0 Å². The number of hydrogen-bond donors (Lipinski definition) is 1. The number of carbonyl (C=O) groups excluding carboxylic acids is 1. The molecule has 0 amide bonds. The van der Waals surface area contributed by atoms with Crippen molar-refractivity contribution in [1.29, 1.82) is 0 Å². The molecule has 3 aromatic rings. The first kappa shape index (κ1) is 13.7. The van der Waals surface area contributed by atoms with Crippen LogP contribution in [-0.2, 0) is 0 Å². The lowest BCUT2D eigenvalue weighted by molar-refractivity contribution is 0.0690. The zero-order valence-electron chi connectivity index (χ0n) is 11.3. The van der Waals surface area contributed by atoms with Crippen molar-refractivity contribution in [3.05, 3.63) is 71.9 Å². The highest BCUT2D eigenvalue weighted by atomic mass is 16.4. The molecule has 0 aliphatic carbocycles. The molecule has 0 aliphatic rings. The quantitative estimate of drug-likeness (QED) is 0.743. The van der Waals surface area contributed by atoms with Crippen molar-refractivity contribution in [3.8, 4) is 11.5 Å². The van der Waals surface area contributed by atoms with Gasteiger partial charge >= 0.3 is 5.97 Å². The number of oxazole rings is 1. The third-order valence-corrected chi connectivity index (χ3v) is 3.04. The van der Waals surface area contributed by atoms with Gasteiger partial charge in [-0.1, -0.05) is 12.1 Å². The van der Waals surface area contributed by atoms with Crippen LogP contribution in [0.15, 0.2) is 59.5 Å². The van der Waals surface area contributed by atoms with E-state index < -0.39 is 5.97 Å². The smallest absolute Gasteiger partial charge is 0.357 e. The van der Waals surface area contributed by atoms with Crippen LogP contribution >= 0.6 is 0 Å². The van der Waals surface area contributed by atoms with Crippen LogP contribution in [0.5, 0.6) is 0 Å². The Morgan fingerprint density at radius 2 is 1.82 bits per heavy atom. The number of nitrogens with zero attached hydrogens (tertiary/aromatic N) is 2. The summed E-state index contributed by atoms with van der Waals surface area (Å²) in [6.45, 7) is 0. The minimum Gasteiger partial charge on any atom is -0.476 e. The molecule has 2 aromatic heterocycles. The van der Waals surface area contributed by atoms with Crippen molar-refractivity contribution in [1.82, 2.24) is 9.97 Å². The van der Waals surface area contributed by atoms with Gasteiger partial charge in [0.1, 0.15) is 6.26 Å². The summed E-state index contributed by atoms with van der Waals surface area (Å²) in [4.78, 5) is 30.8. The van der Waals surface area contributed by atoms with Crippen LogP contribution in [0.3, 0.4) is 0 Å². The second-order valence-electron chi connectivity index (χ2n) is 4.49. The predicted molar refractivity (Wildman–Crippen MR) is 76.6 cm³/mol. The number of ketones is 1. The van der Waals surface area contributed by atoms with Gasteiger partial charge in [0.25, 0.3) is 0 Å². The molecule has 1 N–H and O–H groups in total. The van der Waals surface area contributed by atoms with E-state index in [2.05, 4.69) is 9.97 Å². The Hall–Kier alpha value is -3.28. The molecule has 6 heteroatoms. The number of benzene rings is 1. The third-order valence-electron chi connectivity index (χ3n) is 3.04. The van der Waals surface area contributed by atoms with Crippen LogP contribution in [0.4, 0.5) is 0 Å². The van der Waals surface area contributed by atoms with Crippen molar-refractivity contribution >= 4 is 11.8 Å². The molecule has 2 heterocycles. The normalized spacial score (nSPS) is 10.4. The van der Waals surface area contributed by atoms with Gasteiger partial charge in [0, 0.05) is 29.1 Å². The summed E-state index contributed by atoms with van der Waals surface area (Å²) in [5.41, 5.74) is 1.43. The van der Waals surface area contributed by atoms with E-state index in [9.17, 15) is 9.59 Å². The van der Waals surface area contributed by atoms with Gasteiger partial charge in [-0.2, -0.15) is 0 Å². The lowest BCUT2D eigenvalue weighted by Gasteiger charge is -2.01. The molecular formula is C16H10N2O4. The lowest BCUT2D eigenvalue weighted by Crippen LogP contribution is -2.01. The maximum absolute atomic E-state index is 12.2. The van der Waals surface area contributed by atoms with E-state index in [4.69, 9.17) is 9.52 Å². The third kappa shape index (κ3) is 2.62. The average molecular weight is 294 g/mol. The number of aromatic carboxylic acids is 1. The first-order valence-electron chi connectivity index (χ1n) is 6.39. The molecule has 0 saturated carbocycles. The molecule has 6 nitrogen and oxygen atoms in total. The van der Waals surface area contributed by atoms with Crippen molar-refractivity contribution in [2.45, 2.75) is 0 Å². The number of aromatic nitrogens is 2. The van der Waals surface area contributed by atoms with E-state index in [-0.39, 0.29) is 17.4 Å². The maximum atomic E-state index is 12.2. The molecule has 0 aliphatic heterocycles. The van der Waals surface area contributed by atoms with Gasteiger partial charge in [0.05, 0.1) is 0 Å². The Bertz CT molecular complexity index is 823. The molecule has 108 valence electrons. The second-order valence-corrected chi connectivity index (χ2v) is 4.49. The summed E-state index contributed by atoms with van der Waals surface area (Å²) in [5.74, 6) is -1.10.